The molecule has 0 saturated carbocycles. The third-order valence-electron chi connectivity index (χ3n) is 1.69. The average molecular weight is 158 g/mol. The molecule has 0 bridgehead atoms. The molecule has 0 amide bonds. The van der Waals surface area contributed by atoms with Crippen LogP contribution in [0.1, 0.15) is 0 Å². The smallest absolute Gasteiger partial charge is 0.0455 e. The van der Waals surface area contributed by atoms with Gasteiger partial charge in [-0.2, -0.15) is 0 Å². The van der Waals surface area contributed by atoms with Gasteiger partial charge in [-0.05, 0) is 0 Å². The molecule has 4 nitrogen and oxygen atoms in total. The molecule has 2 rings (SSSR count). The molecule has 4 N–H and O–H groups in total. The highest BCUT2D eigenvalue weighted by atomic mass is 15.1. The second-order valence-electron chi connectivity index (χ2n) is 2.68. The van der Waals surface area contributed by atoms with Crippen molar-refractivity contribution in [2.24, 2.45) is 0 Å². The largest absolute Gasteiger partial charge is 0.314 e. The van der Waals surface area contributed by atoms with Gasteiger partial charge in [-0.25, -0.2) is 0 Å². The van der Waals surface area contributed by atoms with Crippen LogP contribution >= 0.6 is 0 Å². The molecule has 4 heteroatoms. The molecule has 2 fully saturated rings. The van der Waals surface area contributed by atoms with Crippen LogP contribution in [0.3, 0.4) is 0 Å². The molecular formula is C7H18N4. The van der Waals surface area contributed by atoms with Crippen LogP contribution in [0.25, 0.3) is 0 Å². The SMILES string of the molecule is C1CNCCN1.C1CNCN1. The van der Waals surface area contributed by atoms with Gasteiger partial charge < -0.3 is 21.3 Å². The standard InChI is InChI=1S/C4H10N2.C3H8N2/c1-2-6-4-3-5-1;1-2-5-3-4-1/h5-6H,1-4H2;4-5H,1-3H2. The lowest BCUT2D eigenvalue weighted by Crippen LogP contribution is -2.39. The van der Waals surface area contributed by atoms with E-state index in [1.54, 1.807) is 0 Å². The molecule has 0 aliphatic carbocycles. The zero-order chi connectivity index (χ0) is 7.78. The van der Waals surface area contributed by atoms with Crippen molar-refractivity contribution >= 4 is 0 Å². The van der Waals surface area contributed by atoms with E-state index in [1.165, 1.54) is 0 Å². The Morgan fingerprint density at radius 1 is 0.455 bits per heavy atom. The molecule has 2 saturated heterocycles. The molecule has 0 unspecified atom stereocenters. The first-order chi connectivity index (χ1) is 5.50. The maximum Gasteiger partial charge on any atom is 0.0455 e. The summed E-state index contributed by atoms with van der Waals surface area (Å²) in [5, 5.41) is 12.7. The van der Waals surface area contributed by atoms with Crippen LogP contribution in [-0.2, 0) is 0 Å². The highest BCUT2D eigenvalue weighted by Crippen LogP contribution is 1.65. The molecule has 0 aromatic rings. The quantitative estimate of drug-likeness (QED) is 0.340. The monoisotopic (exact) mass is 158 g/mol. The Balaban J connectivity index is 0.000000112. The summed E-state index contributed by atoms with van der Waals surface area (Å²) in [6.07, 6.45) is 0. The van der Waals surface area contributed by atoms with Crippen molar-refractivity contribution in [1.29, 1.82) is 0 Å². The molecule has 0 atom stereocenters. The first-order valence-corrected chi connectivity index (χ1v) is 4.33. The molecule has 66 valence electrons. The summed E-state index contributed by atoms with van der Waals surface area (Å²) in [6, 6.07) is 0. The minimum atomic E-state index is 1.00. The van der Waals surface area contributed by atoms with E-state index in [2.05, 4.69) is 21.3 Å². The van der Waals surface area contributed by atoms with Gasteiger partial charge in [0.15, 0.2) is 0 Å². The van der Waals surface area contributed by atoms with Crippen molar-refractivity contribution in [3.8, 4) is 0 Å². The fraction of sp³-hybridized carbons (Fsp3) is 1.00. The van der Waals surface area contributed by atoms with E-state index >= 15 is 0 Å². The van der Waals surface area contributed by atoms with E-state index in [0.29, 0.717) is 0 Å². The van der Waals surface area contributed by atoms with Crippen LogP contribution in [-0.4, -0.2) is 45.9 Å². The summed E-state index contributed by atoms with van der Waals surface area (Å²) in [6.45, 7) is 7.83. The summed E-state index contributed by atoms with van der Waals surface area (Å²) in [7, 11) is 0. The van der Waals surface area contributed by atoms with Crippen LogP contribution in [0.15, 0.2) is 0 Å². The lowest BCUT2D eigenvalue weighted by Gasteiger charge is -2.11. The second kappa shape index (κ2) is 6.54. The molecule has 0 aromatic carbocycles. The summed E-state index contributed by atoms with van der Waals surface area (Å²) in [5.74, 6) is 0. The first kappa shape index (κ1) is 8.93. The lowest BCUT2D eigenvalue weighted by atomic mass is 10.4. The van der Waals surface area contributed by atoms with Crippen molar-refractivity contribution in [2.75, 3.05) is 45.9 Å². The normalized spacial score (nSPS) is 24.0. The average Bonchev–Trinajstić information content (AvgIpc) is 2.64. The predicted octanol–water partition coefficient (Wildman–Crippen LogP) is -1.68. The molecule has 0 radical (unpaired) electrons. The lowest BCUT2D eigenvalue weighted by molar-refractivity contribution is 0.534. The summed E-state index contributed by atoms with van der Waals surface area (Å²) >= 11 is 0. The molecule has 2 heterocycles. The van der Waals surface area contributed by atoms with Gasteiger partial charge in [0.25, 0.3) is 0 Å². The van der Waals surface area contributed by atoms with Crippen molar-refractivity contribution in [3.63, 3.8) is 0 Å². The Morgan fingerprint density at radius 3 is 1.00 bits per heavy atom. The molecular weight excluding hydrogens is 140 g/mol. The number of nitrogens with one attached hydrogen (secondary N) is 4. The van der Waals surface area contributed by atoms with Gasteiger partial charge in [0.1, 0.15) is 0 Å². The van der Waals surface area contributed by atoms with Crippen molar-refractivity contribution in [1.82, 2.24) is 21.3 Å². The predicted molar refractivity (Wildman–Crippen MR) is 46.6 cm³/mol. The van der Waals surface area contributed by atoms with Gasteiger partial charge in [-0.1, -0.05) is 0 Å². The summed E-state index contributed by atoms with van der Waals surface area (Å²) in [4.78, 5) is 0. The van der Waals surface area contributed by atoms with E-state index in [4.69, 9.17) is 0 Å². The maximum atomic E-state index is 3.22. The molecule has 0 spiro atoms. The fourth-order valence-electron chi connectivity index (χ4n) is 1.05. The Kier molecular flexibility index (Phi) is 5.31. The zero-order valence-electron chi connectivity index (χ0n) is 6.95. The third-order valence-corrected chi connectivity index (χ3v) is 1.69. The highest BCUT2D eigenvalue weighted by molar-refractivity contribution is 4.59. The minimum Gasteiger partial charge on any atom is -0.314 e. The number of rotatable bonds is 0. The van der Waals surface area contributed by atoms with Crippen LogP contribution < -0.4 is 21.3 Å². The summed E-state index contributed by atoms with van der Waals surface area (Å²) < 4.78 is 0. The molecule has 11 heavy (non-hydrogen) atoms. The van der Waals surface area contributed by atoms with Crippen LogP contribution in [0.4, 0.5) is 0 Å². The van der Waals surface area contributed by atoms with E-state index in [9.17, 15) is 0 Å². The zero-order valence-corrected chi connectivity index (χ0v) is 6.95. The van der Waals surface area contributed by atoms with Crippen LogP contribution in [0.2, 0.25) is 0 Å². The Labute approximate surface area is 68.1 Å². The third kappa shape index (κ3) is 5.15. The van der Waals surface area contributed by atoms with E-state index < -0.39 is 0 Å². The van der Waals surface area contributed by atoms with Crippen LogP contribution in [0, 0.1) is 0 Å². The fourth-order valence-corrected chi connectivity index (χ4v) is 1.05. The Hall–Kier alpha value is -0.160. The second-order valence-corrected chi connectivity index (χ2v) is 2.68. The summed E-state index contributed by atoms with van der Waals surface area (Å²) in [5.41, 5.74) is 0. The molecule has 2 aliphatic heterocycles. The molecule has 2 aliphatic rings. The topological polar surface area (TPSA) is 48.1 Å². The van der Waals surface area contributed by atoms with Gasteiger partial charge in [-0.15, -0.1) is 0 Å². The van der Waals surface area contributed by atoms with E-state index in [0.717, 1.165) is 45.9 Å². The maximum absolute atomic E-state index is 3.22. The minimum absolute atomic E-state index is 1.00. The van der Waals surface area contributed by atoms with E-state index in [1.807, 2.05) is 0 Å². The van der Waals surface area contributed by atoms with Gasteiger partial charge in [-0.3, -0.25) is 0 Å². The number of hydrogen-bond acceptors (Lipinski definition) is 4. The highest BCUT2D eigenvalue weighted by Gasteiger charge is 1.91. The van der Waals surface area contributed by atoms with Crippen molar-refractivity contribution in [2.45, 2.75) is 0 Å². The molecule has 0 aromatic heterocycles. The first-order valence-electron chi connectivity index (χ1n) is 4.33. The van der Waals surface area contributed by atoms with Gasteiger partial charge in [0.2, 0.25) is 0 Å². The van der Waals surface area contributed by atoms with Gasteiger partial charge in [0.05, 0.1) is 0 Å². The van der Waals surface area contributed by atoms with Gasteiger partial charge in [0, 0.05) is 45.9 Å². The van der Waals surface area contributed by atoms with E-state index in [-0.39, 0.29) is 0 Å². The number of hydrogen-bond donors (Lipinski definition) is 4. The van der Waals surface area contributed by atoms with Crippen LogP contribution in [0.5, 0.6) is 0 Å². The van der Waals surface area contributed by atoms with Crippen molar-refractivity contribution < 1.29 is 0 Å². The Bertz CT molecular complexity index is 59.4. The number of piperazine rings is 1. The van der Waals surface area contributed by atoms with Crippen molar-refractivity contribution in [3.05, 3.63) is 0 Å². The van der Waals surface area contributed by atoms with Gasteiger partial charge >= 0.3 is 0 Å². The Morgan fingerprint density at radius 2 is 0.818 bits per heavy atom.